The Hall–Kier alpha value is -4.37. The molecular formula is C27H22N4O2. The molecule has 1 aliphatic heterocycles. The first-order valence-corrected chi connectivity index (χ1v) is 10.8. The number of amides is 1. The Labute approximate surface area is 192 Å². The first-order valence-electron chi connectivity index (χ1n) is 10.8. The maximum absolute atomic E-state index is 11.4. The van der Waals surface area contributed by atoms with Crippen LogP contribution in [-0.2, 0) is 4.79 Å². The van der Waals surface area contributed by atoms with Crippen LogP contribution in [0.15, 0.2) is 73.1 Å². The Morgan fingerprint density at radius 1 is 1.06 bits per heavy atom. The van der Waals surface area contributed by atoms with E-state index in [0.717, 1.165) is 39.2 Å². The third-order valence-corrected chi connectivity index (χ3v) is 5.44. The predicted octanol–water partition coefficient (Wildman–Crippen LogP) is 4.96. The number of carbonyl (C=O) groups is 1. The number of hydrogen-bond acceptors (Lipinski definition) is 5. The molecule has 6 nitrogen and oxygen atoms in total. The van der Waals surface area contributed by atoms with Crippen LogP contribution < -0.4 is 15.4 Å². The molecule has 1 aliphatic rings. The van der Waals surface area contributed by atoms with Crippen LogP contribution >= 0.6 is 0 Å². The van der Waals surface area contributed by atoms with Gasteiger partial charge in [0.1, 0.15) is 23.6 Å². The molecule has 1 aromatic heterocycles. The zero-order valence-corrected chi connectivity index (χ0v) is 18.1. The van der Waals surface area contributed by atoms with Crippen LogP contribution in [0.2, 0.25) is 0 Å². The van der Waals surface area contributed by atoms with Gasteiger partial charge in [-0.1, -0.05) is 30.0 Å². The fourth-order valence-electron chi connectivity index (χ4n) is 3.72. The maximum Gasteiger partial charge on any atom is 0.221 e. The van der Waals surface area contributed by atoms with Crippen molar-refractivity contribution in [2.24, 2.45) is 5.92 Å². The second-order valence-electron chi connectivity index (χ2n) is 7.95. The lowest BCUT2D eigenvalue weighted by Gasteiger charge is -2.12. The third kappa shape index (κ3) is 4.78. The summed E-state index contributed by atoms with van der Waals surface area (Å²) >= 11 is 0. The molecule has 5 rings (SSSR count). The fraction of sp³-hybridized carbons (Fsp3) is 0.148. The molecule has 0 saturated carbocycles. The van der Waals surface area contributed by atoms with Gasteiger partial charge in [0.05, 0.1) is 5.52 Å². The second-order valence-corrected chi connectivity index (χ2v) is 7.95. The monoisotopic (exact) mass is 434 g/mol. The van der Waals surface area contributed by atoms with Crippen LogP contribution in [0.1, 0.15) is 17.5 Å². The Kier molecular flexibility index (Phi) is 5.61. The van der Waals surface area contributed by atoms with Crippen LogP contribution in [-0.4, -0.2) is 22.4 Å². The average molecular weight is 434 g/mol. The second kappa shape index (κ2) is 9.01. The quantitative estimate of drug-likeness (QED) is 0.444. The average Bonchev–Trinajstić information content (AvgIpc) is 3.25. The largest absolute Gasteiger partial charge is 0.457 e. The predicted molar refractivity (Wildman–Crippen MR) is 129 cm³/mol. The Morgan fingerprint density at radius 3 is 2.73 bits per heavy atom. The number of fused-ring (bicyclic) bond motifs is 1. The highest BCUT2D eigenvalue weighted by Gasteiger charge is 2.18. The van der Waals surface area contributed by atoms with E-state index in [0.29, 0.717) is 18.8 Å². The van der Waals surface area contributed by atoms with Crippen LogP contribution in [0.5, 0.6) is 11.5 Å². The lowest BCUT2D eigenvalue weighted by molar-refractivity contribution is -0.119. The van der Waals surface area contributed by atoms with Gasteiger partial charge in [-0.15, -0.1) is 0 Å². The van der Waals surface area contributed by atoms with Crippen LogP contribution in [0.3, 0.4) is 0 Å². The smallest absolute Gasteiger partial charge is 0.221 e. The van der Waals surface area contributed by atoms with Crippen molar-refractivity contribution < 1.29 is 9.53 Å². The number of aryl methyl sites for hydroxylation is 1. The van der Waals surface area contributed by atoms with E-state index in [1.54, 1.807) is 6.33 Å². The number of hydrogen-bond donors (Lipinski definition) is 2. The molecule has 0 bridgehead atoms. The molecule has 1 fully saturated rings. The topological polar surface area (TPSA) is 76.1 Å². The van der Waals surface area contributed by atoms with Gasteiger partial charge in [-0.05, 0) is 61.0 Å². The molecule has 0 radical (unpaired) electrons. The van der Waals surface area contributed by atoms with Gasteiger partial charge in [-0.25, -0.2) is 9.97 Å². The summed E-state index contributed by atoms with van der Waals surface area (Å²) in [5.41, 5.74) is 3.60. The number of anilines is 2. The van der Waals surface area contributed by atoms with Gasteiger partial charge in [0.25, 0.3) is 0 Å². The van der Waals surface area contributed by atoms with Crippen LogP contribution in [0.4, 0.5) is 11.5 Å². The number of nitrogens with one attached hydrogen (secondary N) is 2. The minimum Gasteiger partial charge on any atom is -0.457 e. The summed E-state index contributed by atoms with van der Waals surface area (Å²) in [6.07, 6.45) is 2.01. The zero-order valence-electron chi connectivity index (χ0n) is 18.1. The molecule has 2 heterocycles. The van der Waals surface area contributed by atoms with Gasteiger partial charge in [-0.3, -0.25) is 4.79 Å². The molecule has 1 amide bonds. The van der Waals surface area contributed by atoms with Crippen molar-refractivity contribution in [3.8, 4) is 23.3 Å². The summed E-state index contributed by atoms with van der Waals surface area (Å²) in [7, 11) is 0. The number of ether oxygens (including phenoxy) is 1. The molecule has 1 unspecified atom stereocenters. The van der Waals surface area contributed by atoms with Crippen LogP contribution in [0.25, 0.3) is 10.9 Å². The molecule has 6 heteroatoms. The molecule has 162 valence electrons. The number of para-hydroxylation sites is 1. The summed E-state index contributed by atoms with van der Waals surface area (Å²) in [5, 5.41) is 7.09. The Balaban J connectivity index is 1.39. The van der Waals surface area contributed by atoms with Gasteiger partial charge in [0.15, 0.2) is 0 Å². The summed E-state index contributed by atoms with van der Waals surface area (Å²) < 4.78 is 5.98. The van der Waals surface area contributed by atoms with Crippen molar-refractivity contribution in [1.82, 2.24) is 15.3 Å². The number of rotatable bonds is 4. The van der Waals surface area contributed by atoms with E-state index in [2.05, 4.69) is 32.4 Å². The highest BCUT2D eigenvalue weighted by molar-refractivity contribution is 5.91. The number of benzene rings is 3. The molecule has 1 saturated heterocycles. The molecule has 1 atom stereocenters. The first kappa shape index (κ1) is 20.5. The third-order valence-electron chi connectivity index (χ3n) is 5.44. The summed E-state index contributed by atoms with van der Waals surface area (Å²) in [4.78, 5) is 20.2. The lowest BCUT2D eigenvalue weighted by atomic mass is 10.1. The van der Waals surface area contributed by atoms with Crippen molar-refractivity contribution >= 4 is 28.3 Å². The number of aromatic nitrogens is 2. The Bertz CT molecular complexity index is 1390. The van der Waals surface area contributed by atoms with E-state index in [1.165, 1.54) is 0 Å². The van der Waals surface area contributed by atoms with E-state index in [4.69, 9.17) is 4.74 Å². The molecule has 3 aromatic carbocycles. The van der Waals surface area contributed by atoms with Crippen molar-refractivity contribution in [1.29, 1.82) is 0 Å². The van der Waals surface area contributed by atoms with Gasteiger partial charge < -0.3 is 15.4 Å². The molecule has 0 aliphatic carbocycles. The molecule has 4 aromatic rings. The number of carbonyl (C=O) groups excluding carboxylic acids is 1. The van der Waals surface area contributed by atoms with Gasteiger partial charge in [0, 0.05) is 35.5 Å². The first-order chi connectivity index (χ1) is 16.1. The van der Waals surface area contributed by atoms with E-state index in [-0.39, 0.29) is 11.8 Å². The minimum atomic E-state index is 0.0532. The summed E-state index contributed by atoms with van der Waals surface area (Å²) in [5.74, 6) is 8.80. The van der Waals surface area contributed by atoms with Crippen molar-refractivity contribution in [2.45, 2.75) is 13.3 Å². The highest BCUT2D eigenvalue weighted by atomic mass is 16.5. The van der Waals surface area contributed by atoms with Crippen molar-refractivity contribution in [2.75, 3.05) is 11.9 Å². The van der Waals surface area contributed by atoms with E-state index in [1.807, 2.05) is 73.7 Å². The summed E-state index contributed by atoms with van der Waals surface area (Å²) in [6, 6.07) is 21.5. The lowest BCUT2D eigenvalue weighted by Crippen LogP contribution is -2.13. The van der Waals surface area contributed by atoms with Gasteiger partial charge in [-0.2, -0.15) is 0 Å². The molecular weight excluding hydrogens is 412 g/mol. The van der Waals surface area contributed by atoms with E-state index in [9.17, 15) is 4.79 Å². The maximum atomic E-state index is 11.4. The SMILES string of the molecule is Cc1cc(Nc2ncnc3ccc(C#CC4CNC(=O)C4)cc23)ccc1Oc1ccccc1. The van der Waals surface area contributed by atoms with Crippen molar-refractivity contribution in [3.63, 3.8) is 0 Å². The molecule has 0 spiro atoms. The van der Waals surface area contributed by atoms with Gasteiger partial charge in [0.2, 0.25) is 5.91 Å². The zero-order chi connectivity index (χ0) is 22.6. The molecule has 33 heavy (non-hydrogen) atoms. The molecule has 2 N–H and O–H groups in total. The normalized spacial score (nSPS) is 14.9. The van der Waals surface area contributed by atoms with Crippen LogP contribution in [0, 0.1) is 24.7 Å². The van der Waals surface area contributed by atoms with Gasteiger partial charge >= 0.3 is 0 Å². The highest BCUT2D eigenvalue weighted by Crippen LogP contribution is 2.30. The summed E-state index contributed by atoms with van der Waals surface area (Å²) in [6.45, 7) is 2.62. The fourth-order valence-corrected chi connectivity index (χ4v) is 3.72. The minimum absolute atomic E-state index is 0.0532. The van der Waals surface area contributed by atoms with E-state index >= 15 is 0 Å². The number of nitrogens with zero attached hydrogens (tertiary/aromatic N) is 2. The Morgan fingerprint density at radius 2 is 1.94 bits per heavy atom. The van der Waals surface area contributed by atoms with Crippen molar-refractivity contribution in [3.05, 3.63) is 84.2 Å². The van der Waals surface area contributed by atoms with E-state index < -0.39 is 0 Å². The standard InChI is InChI=1S/C27H22N4O2/c1-18-13-21(10-12-25(18)33-22-5-3-2-4-6-22)31-27-23-14-19(9-11-24(23)29-17-30-27)7-8-20-15-26(32)28-16-20/h2-6,9-14,17,20H,15-16H2,1H3,(H,28,32)(H,29,30,31).